The Balaban J connectivity index is 1.77. The summed E-state index contributed by atoms with van der Waals surface area (Å²) in [6, 6.07) is 8.17. The van der Waals surface area contributed by atoms with Gasteiger partial charge in [0, 0.05) is 36.1 Å². The summed E-state index contributed by atoms with van der Waals surface area (Å²) in [7, 11) is 0. The number of carbonyl (C=O) groups is 2. The van der Waals surface area contributed by atoms with Gasteiger partial charge >= 0.3 is 0 Å². The number of hydrogen-bond donors (Lipinski definition) is 0. The van der Waals surface area contributed by atoms with E-state index in [9.17, 15) is 9.59 Å². The summed E-state index contributed by atoms with van der Waals surface area (Å²) in [5.74, 6) is 0.0450. The summed E-state index contributed by atoms with van der Waals surface area (Å²) < 4.78 is 0. The zero-order valence-electron chi connectivity index (χ0n) is 12.4. The lowest BCUT2D eigenvalue weighted by Gasteiger charge is -2.12. The summed E-state index contributed by atoms with van der Waals surface area (Å²) in [6.45, 7) is 4.15. The minimum Gasteiger partial charge on any atom is -0.288 e. The fourth-order valence-corrected chi connectivity index (χ4v) is 4.20. The van der Waals surface area contributed by atoms with Crippen LogP contribution in [-0.4, -0.2) is 27.8 Å². The quantitative estimate of drug-likeness (QED) is 0.863. The van der Waals surface area contributed by atoms with Gasteiger partial charge in [0.2, 0.25) is 5.91 Å². The Morgan fingerprint density at radius 2 is 2.09 bits per heavy atom. The molecule has 0 saturated carbocycles. The fraction of sp³-hybridized carbons (Fsp3) is 0.312. The maximum absolute atomic E-state index is 12.1. The predicted molar refractivity (Wildman–Crippen MR) is 91.3 cm³/mol. The maximum atomic E-state index is 12.1. The van der Waals surface area contributed by atoms with Gasteiger partial charge in [-0.3, -0.25) is 14.5 Å². The van der Waals surface area contributed by atoms with Crippen molar-refractivity contribution in [3.05, 3.63) is 35.2 Å². The number of rotatable bonds is 3. The van der Waals surface area contributed by atoms with E-state index in [1.165, 1.54) is 35.6 Å². The molecule has 1 fully saturated rings. The molecular formula is C16H16N2O2S2. The van der Waals surface area contributed by atoms with Gasteiger partial charge < -0.3 is 0 Å². The first kappa shape index (κ1) is 15.2. The Bertz CT molecular complexity index is 709. The molecular weight excluding hydrogens is 316 g/mol. The largest absolute Gasteiger partial charge is 0.288 e. The minimum absolute atomic E-state index is 0.0386. The highest BCUT2D eigenvalue weighted by molar-refractivity contribution is 8.14. The molecule has 2 aromatic rings. The molecule has 0 radical (unpaired) electrons. The molecule has 1 aliphatic rings. The van der Waals surface area contributed by atoms with E-state index in [1.807, 2.05) is 24.4 Å². The molecule has 0 N–H and O–H groups in total. The molecule has 1 aromatic carbocycles. The molecule has 1 aliphatic heterocycles. The molecule has 6 heteroatoms. The van der Waals surface area contributed by atoms with E-state index in [2.05, 4.69) is 17.1 Å². The summed E-state index contributed by atoms with van der Waals surface area (Å²) in [6.07, 6.45) is 0.406. The molecule has 22 heavy (non-hydrogen) atoms. The van der Waals surface area contributed by atoms with E-state index in [4.69, 9.17) is 0 Å². The number of thioether (sulfide) groups is 1. The van der Waals surface area contributed by atoms with Crippen molar-refractivity contribution in [2.24, 2.45) is 0 Å². The van der Waals surface area contributed by atoms with Crippen molar-refractivity contribution >= 4 is 39.3 Å². The van der Waals surface area contributed by atoms with Crippen LogP contribution >= 0.6 is 23.1 Å². The number of aromatic nitrogens is 1. The third-order valence-corrected chi connectivity index (χ3v) is 5.34. The highest BCUT2D eigenvalue weighted by Gasteiger charge is 2.33. The van der Waals surface area contributed by atoms with Gasteiger partial charge in [0.05, 0.1) is 5.69 Å². The third-order valence-electron chi connectivity index (χ3n) is 3.49. The lowest BCUT2D eigenvalue weighted by Crippen LogP contribution is -2.24. The smallest absolute Gasteiger partial charge is 0.230 e. The van der Waals surface area contributed by atoms with Crippen molar-refractivity contribution in [2.75, 3.05) is 11.4 Å². The van der Waals surface area contributed by atoms with Crippen molar-refractivity contribution in [1.29, 1.82) is 0 Å². The van der Waals surface area contributed by atoms with Crippen LogP contribution in [-0.2, 0) is 9.59 Å². The van der Waals surface area contributed by atoms with Gasteiger partial charge in [-0.1, -0.05) is 41.6 Å². The zero-order chi connectivity index (χ0) is 15.7. The zero-order valence-corrected chi connectivity index (χ0v) is 14.0. The Morgan fingerprint density at radius 1 is 1.36 bits per heavy atom. The number of hydrogen-bond acceptors (Lipinski definition) is 5. The number of thiazole rings is 1. The second kappa shape index (κ2) is 6.22. The summed E-state index contributed by atoms with van der Waals surface area (Å²) in [5, 5.41) is 2.78. The second-order valence-corrected chi connectivity index (χ2v) is 7.64. The normalized spacial score (nSPS) is 18.0. The van der Waals surface area contributed by atoms with Crippen LogP contribution in [0.25, 0.3) is 11.3 Å². The molecule has 1 saturated heterocycles. The van der Waals surface area contributed by atoms with Crippen molar-refractivity contribution < 1.29 is 9.59 Å². The standard InChI is InChI=1S/C16H16N2O2S2/c1-10-3-5-12(6-4-10)14-9-21-16(17-14)18-8-13(7-15(18)20)22-11(2)19/h3-6,9,13H,7-8H2,1-2H3. The Hall–Kier alpha value is -1.66. The first-order chi connectivity index (χ1) is 10.5. The van der Waals surface area contributed by atoms with Gasteiger partial charge in [-0.05, 0) is 6.92 Å². The lowest BCUT2D eigenvalue weighted by molar-refractivity contribution is -0.117. The number of amides is 1. The number of nitrogens with zero attached hydrogens (tertiary/aromatic N) is 2. The van der Waals surface area contributed by atoms with E-state index in [1.54, 1.807) is 4.90 Å². The number of benzene rings is 1. The summed E-state index contributed by atoms with van der Waals surface area (Å²) in [5.41, 5.74) is 3.14. The van der Waals surface area contributed by atoms with Gasteiger partial charge in [0.1, 0.15) is 0 Å². The lowest BCUT2D eigenvalue weighted by atomic mass is 10.1. The molecule has 3 rings (SSSR count). The molecule has 0 aliphatic carbocycles. The van der Waals surface area contributed by atoms with Crippen LogP contribution in [0.5, 0.6) is 0 Å². The molecule has 114 valence electrons. The van der Waals surface area contributed by atoms with Crippen molar-refractivity contribution in [1.82, 2.24) is 4.98 Å². The average molecular weight is 332 g/mol. The maximum Gasteiger partial charge on any atom is 0.230 e. The van der Waals surface area contributed by atoms with E-state index in [0.717, 1.165) is 11.3 Å². The Labute approximate surface area is 137 Å². The molecule has 1 amide bonds. The molecule has 2 heterocycles. The first-order valence-electron chi connectivity index (χ1n) is 7.03. The van der Waals surface area contributed by atoms with E-state index in [-0.39, 0.29) is 16.3 Å². The van der Waals surface area contributed by atoms with Crippen LogP contribution in [0.1, 0.15) is 18.9 Å². The van der Waals surface area contributed by atoms with Gasteiger partial charge in [0.15, 0.2) is 10.2 Å². The third kappa shape index (κ3) is 3.23. The van der Waals surface area contributed by atoms with Crippen LogP contribution in [0.15, 0.2) is 29.6 Å². The average Bonchev–Trinajstić information content (AvgIpc) is 3.06. The van der Waals surface area contributed by atoms with Crippen LogP contribution in [0.4, 0.5) is 5.13 Å². The number of aryl methyl sites for hydroxylation is 1. The highest BCUT2D eigenvalue weighted by atomic mass is 32.2. The first-order valence-corrected chi connectivity index (χ1v) is 8.79. The van der Waals surface area contributed by atoms with Gasteiger partial charge in [-0.25, -0.2) is 4.98 Å². The molecule has 0 bridgehead atoms. The monoisotopic (exact) mass is 332 g/mol. The van der Waals surface area contributed by atoms with Crippen molar-refractivity contribution in [2.45, 2.75) is 25.5 Å². The molecule has 0 spiro atoms. The number of anilines is 1. The van der Waals surface area contributed by atoms with Crippen molar-refractivity contribution in [3.63, 3.8) is 0 Å². The second-order valence-electron chi connectivity index (χ2n) is 5.32. The Morgan fingerprint density at radius 3 is 2.77 bits per heavy atom. The van der Waals surface area contributed by atoms with Gasteiger partial charge in [-0.2, -0.15) is 0 Å². The minimum atomic E-state index is 0.0386. The number of carbonyl (C=O) groups excluding carboxylic acids is 2. The van der Waals surface area contributed by atoms with E-state index in [0.29, 0.717) is 18.1 Å². The van der Waals surface area contributed by atoms with Crippen LogP contribution in [0, 0.1) is 6.92 Å². The van der Waals surface area contributed by atoms with Gasteiger partial charge in [0.25, 0.3) is 0 Å². The summed E-state index contributed by atoms with van der Waals surface area (Å²) >= 11 is 2.71. The molecule has 1 atom stereocenters. The fourth-order valence-electron chi connectivity index (χ4n) is 2.42. The van der Waals surface area contributed by atoms with E-state index >= 15 is 0 Å². The van der Waals surface area contributed by atoms with E-state index < -0.39 is 0 Å². The summed E-state index contributed by atoms with van der Waals surface area (Å²) in [4.78, 5) is 29.6. The van der Waals surface area contributed by atoms with Crippen LogP contribution < -0.4 is 4.90 Å². The van der Waals surface area contributed by atoms with Crippen LogP contribution in [0.3, 0.4) is 0 Å². The van der Waals surface area contributed by atoms with Crippen LogP contribution in [0.2, 0.25) is 0 Å². The predicted octanol–water partition coefficient (Wildman–Crippen LogP) is 3.50. The molecule has 1 unspecified atom stereocenters. The SMILES string of the molecule is CC(=O)SC1CC(=O)N(c2nc(-c3ccc(C)cc3)cs2)C1. The Kier molecular flexibility index (Phi) is 4.31. The molecule has 1 aromatic heterocycles. The topological polar surface area (TPSA) is 50.3 Å². The highest BCUT2D eigenvalue weighted by Crippen LogP contribution is 2.33. The van der Waals surface area contributed by atoms with Crippen molar-refractivity contribution in [3.8, 4) is 11.3 Å². The van der Waals surface area contributed by atoms with Gasteiger partial charge in [-0.15, -0.1) is 11.3 Å². The molecule has 4 nitrogen and oxygen atoms in total.